The molecule has 1 aliphatic rings. The zero-order chi connectivity index (χ0) is 13.3. The summed E-state index contributed by atoms with van der Waals surface area (Å²) in [7, 11) is 0. The molecule has 0 aliphatic carbocycles. The average Bonchev–Trinajstić information content (AvgIpc) is 2.21. The third kappa shape index (κ3) is 3.51. The van der Waals surface area contributed by atoms with Gasteiger partial charge in [-0.1, -0.05) is 23.2 Å². The number of hydrogen-bond donors (Lipinski definition) is 2. The van der Waals surface area contributed by atoms with Gasteiger partial charge < -0.3 is 10.6 Å². The number of benzene rings is 1. The van der Waals surface area contributed by atoms with Crippen LogP contribution >= 0.6 is 35.6 Å². The fourth-order valence-electron chi connectivity index (χ4n) is 1.82. The first-order valence-corrected chi connectivity index (χ1v) is 6.40. The second kappa shape index (κ2) is 6.75. The highest BCUT2D eigenvalue weighted by atomic mass is 35.5. The van der Waals surface area contributed by atoms with Crippen LogP contribution in [0.2, 0.25) is 10.0 Å². The zero-order valence-corrected chi connectivity index (χ0v) is 12.5. The topological polar surface area (TPSA) is 41.1 Å². The molecule has 1 unspecified atom stereocenters. The molecular weight excluding hydrogens is 314 g/mol. The Morgan fingerprint density at radius 2 is 2.11 bits per heavy atom. The smallest absolute Gasteiger partial charge is 0.226 e. The molecule has 3 nitrogen and oxygen atoms in total. The Morgan fingerprint density at radius 3 is 2.63 bits per heavy atom. The molecule has 1 aromatic carbocycles. The van der Waals surface area contributed by atoms with Crippen LogP contribution in [0.3, 0.4) is 0 Å². The molecule has 0 saturated carbocycles. The first-order chi connectivity index (χ1) is 8.50. The van der Waals surface area contributed by atoms with Gasteiger partial charge in [0.05, 0.1) is 17.0 Å². The van der Waals surface area contributed by atoms with E-state index in [1.807, 2.05) is 0 Å². The minimum absolute atomic E-state index is 0. The number of halogens is 4. The molecule has 0 aromatic heterocycles. The van der Waals surface area contributed by atoms with Gasteiger partial charge in [0, 0.05) is 23.7 Å². The zero-order valence-electron chi connectivity index (χ0n) is 10.2. The van der Waals surface area contributed by atoms with E-state index >= 15 is 0 Å². The maximum Gasteiger partial charge on any atom is 0.226 e. The summed E-state index contributed by atoms with van der Waals surface area (Å²) in [5, 5.41) is 6.11. The van der Waals surface area contributed by atoms with Crippen molar-refractivity contribution in [3.05, 3.63) is 33.6 Å². The number of rotatable bonds is 3. The summed E-state index contributed by atoms with van der Waals surface area (Å²) < 4.78 is 13.4. The normalized spacial score (nSPS) is 16.2. The average molecular weight is 328 g/mol. The summed E-state index contributed by atoms with van der Waals surface area (Å²) >= 11 is 11.9. The molecule has 1 fully saturated rings. The van der Waals surface area contributed by atoms with Crippen molar-refractivity contribution in [2.75, 3.05) is 13.1 Å². The van der Waals surface area contributed by atoms with Crippen LogP contribution in [-0.4, -0.2) is 19.0 Å². The van der Waals surface area contributed by atoms with E-state index in [1.54, 1.807) is 6.92 Å². The molecule has 106 valence electrons. The third-order valence-electron chi connectivity index (χ3n) is 3.02. The third-order valence-corrected chi connectivity index (χ3v) is 3.74. The van der Waals surface area contributed by atoms with Crippen molar-refractivity contribution in [3.8, 4) is 0 Å². The first-order valence-electron chi connectivity index (χ1n) is 5.65. The van der Waals surface area contributed by atoms with Crippen molar-refractivity contribution in [1.82, 2.24) is 10.6 Å². The van der Waals surface area contributed by atoms with Gasteiger partial charge in [-0.05, 0) is 19.1 Å². The summed E-state index contributed by atoms with van der Waals surface area (Å²) in [5.74, 6) is -0.640. The lowest BCUT2D eigenvalue weighted by Gasteiger charge is -2.28. The molecule has 1 aliphatic heterocycles. The molecule has 19 heavy (non-hydrogen) atoms. The lowest BCUT2D eigenvalue weighted by molar-refractivity contribution is -0.127. The molecule has 0 spiro atoms. The maximum atomic E-state index is 13.4. The Hall–Kier alpha value is -0.550. The molecule has 1 aromatic rings. The minimum Gasteiger partial charge on any atom is -0.349 e. The largest absolute Gasteiger partial charge is 0.349 e. The lowest BCUT2D eigenvalue weighted by atomic mass is 10.0. The molecule has 1 atom stereocenters. The SMILES string of the molecule is CC(NC(=O)C1CNC1)c1c(Cl)ccc(F)c1Cl.Cl. The Labute approximate surface area is 127 Å². The van der Waals surface area contributed by atoms with Gasteiger partial charge in [-0.25, -0.2) is 4.39 Å². The summed E-state index contributed by atoms with van der Waals surface area (Å²) in [6.45, 7) is 3.07. The Balaban J connectivity index is 0.00000180. The van der Waals surface area contributed by atoms with Crippen LogP contribution in [0, 0.1) is 11.7 Å². The van der Waals surface area contributed by atoms with E-state index in [0.717, 1.165) is 0 Å². The number of carbonyl (C=O) groups is 1. The van der Waals surface area contributed by atoms with E-state index < -0.39 is 11.9 Å². The number of carbonyl (C=O) groups excluding carboxylic acids is 1. The van der Waals surface area contributed by atoms with E-state index in [9.17, 15) is 9.18 Å². The number of hydrogen-bond acceptors (Lipinski definition) is 2. The second-order valence-electron chi connectivity index (χ2n) is 4.34. The molecule has 1 heterocycles. The van der Waals surface area contributed by atoms with Gasteiger partial charge in [0.1, 0.15) is 5.82 Å². The fourth-order valence-corrected chi connectivity index (χ4v) is 2.52. The molecule has 1 saturated heterocycles. The van der Waals surface area contributed by atoms with Crippen LogP contribution in [-0.2, 0) is 4.79 Å². The van der Waals surface area contributed by atoms with E-state index in [4.69, 9.17) is 23.2 Å². The highest BCUT2D eigenvalue weighted by Crippen LogP contribution is 2.32. The van der Waals surface area contributed by atoms with Gasteiger partial charge in [-0.15, -0.1) is 12.4 Å². The number of nitrogens with one attached hydrogen (secondary N) is 2. The highest BCUT2D eigenvalue weighted by molar-refractivity contribution is 6.36. The first kappa shape index (κ1) is 16.5. The van der Waals surface area contributed by atoms with Crippen LogP contribution in [0.4, 0.5) is 4.39 Å². The van der Waals surface area contributed by atoms with Gasteiger partial charge in [0.2, 0.25) is 5.91 Å². The van der Waals surface area contributed by atoms with Gasteiger partial charge in [0.15, 0.2) is 0 Å². The van der Waals surface area contributed by atoms with Gasteiger partial charge >= 0.3 is 0 Å². The van der Waals surface area contributed by atoms with Crippen LogP contribution in [0.5, 0.6) is 0 Å². The predicted molar refractivity (Wildman–Crippen MR) is 76.6 cm³/mol. The van der Waals surface area contributed by atoms with Gasteiger partial charge in [0.25, 0.3) is 0 Å². The van der Waals surface area contributed by atoms with Crippen molar-refractivity contribution in [2.45, 2.75) is 13.0 Å². The van der Waals surface area contributed by atoms with Gasteiger partial charge in [-0.2, -0.15) is 0 Å². The quantitative estimate of drug-likeness (QED) is 0.838. The van der Waals surface area contributed by atoms with Crippen molar-refractivity contribution in [3.63, 3.8) is 0 Å². The molecule has 7 heteroatoms. The van der Waals surface area contributed by atoms with Crippen molar-refractivity contribution in [1.29, 1.82) is 0 Å². The van der Waals surface area contributed by atoms with Gasteiger partial charge in [-0.3, -0.25) is 4.79 Å². The van der Waals surface area contributed by atoms with E-state index in [-0.39, 0.29) is 29.3 Å². The van der Waals surface area contributed by atoms with E-state index in [1.165, 1.54) is 12.1 Å². The molecule has 2 rings (SSSR count). The fraction of sp³-hybridized carbons (Fsp3) is 0.417. The Bertz CT molecular complexity index is 480. The predicted octanol–water partition coefficient (Wildman–Crippen LogP) is 2.95. The van der Waals surface area contributed by atoms with Crippen LogP contribution in [0.15, 0.2) is 12.1 Å². The standard InChI is InChI=1S/C12H13Cl2FN2O.ClH/c1-6(17-12(18)7-4-16-5-7)10-8(13)2-3-9(15)11(10)14;/h2-3,6-7,16H,4-5H2,1H3,(H,17,18);1H. The minimum atomic E-state index is -0.539. The lowest BCUT2D eigenvalue weighted by Crippen LogP contribution is -2.51. The number of amides is 1. The second-order valence-corrected chi connectivity index (χ2v) is 5.13. The Morgan fingerprint density at radius 1 is 1.47 bits per heavy atom. The summed E-state index contributed by atoms with van der Waals surface area (Å²) in [5.41, 5.74) is 0.416. The monoisotopic (exact) mass is 326 g/mol. The molecular formula is C12H14Cl3FN2O. The van der Waals surface area contributed by atoms with E-state index in [2.05, 4.69) is 10.6 Å². The molecule has 1 amide bonds. The van der Waals surface area contributed by atoms with Crippen molar-refractivity contribution < 1.29 is 9.18 Å². The van der Waals surface area contributed by atoms with Crippen LogP contribution in [0.25, 0.3) is 0 Å². The Kier molecular flexibility index (Phi) is 5.86. The molecule has 0 bridgehead atoms. The van der Waals surface area contributed by atoms with Crippen LogP contribution < -0.4 is 10.6 Å². The summed E-state index contributed by atoms with van der Waals surface area (Å²) in [6, 6.07) is 2.22. The van der Waals surface area contributed by atoms with Crippen molar-refractivity contribution in [2.24, 2.45) is 5.92 Å². The highest BCUT2D eigenvalue weighted by Gasteiger charge is 2.27. The van der Waals surface area contributed by atoms with E-state index in [0.29, 0.717) is 23.7 Å². The molecule has 0 radical (unpaired) electrons. The summed E-state index contributed by atoms with van der Waals surface area (Å²) in [6.07, 6.45) is 0. The van der Waals surface area contributed by atoms with Crippen molar-refractivity contribution >= 4 is 41.5 Å². The maximum absolute atomic E-state index is 13.4. The molecule has 2 N–H and O–H groups in total. The summed E-state index contributed by atoms with van der Waals surface area (Å²) in [4.78, 5) is 11.8. The van der Waals surface area contributed by atoms with Crippen LogP contribution in [0.1, 0.15) is 18.5 Å².